The minimum Gasteiger partial charge on any atom is -0.298 e. The van der Waals surface area contributed by atoms with E-state index in [1.807, 2.05) is 23.8 Å². The number of nitrogens with one attached hydrogen (secondary N) is 1. The Kier molecular flexibility index (Phi) is 4.95. The van der Waals surface area contributed by atoms with Gasteiger partial charge in [0, 0.05) is 21.4 Å². The molecule has 0 fully saturated rings. The van der Waals surface area contributed by atoms with E-state index in [1.165, 1.54) is 27.2 Å². The molecule has 0 aliphatic rings. The molecule has 1 amide bonds. The lowest BCUT2D eigenvalue weighted by molar-refractivity contribution is 0.102. The molecular formula is C18H14N6OS2. The zero-order chi connectivity index (χ0) is 18.6. The topological polar surface area (TPSA) is 85.6 Å². The molecule has 27 heavy (non-hydrogen) atoms. The van der Waals surface area contributed by atoms with Gasteiger partial charge in [0.15, 0.2) is 5.13 Å². The molecule has 0 radical (unpaired) electrons. The highest BCUT2D eigenvalue weighted by Crippen LogP contribution is 2.27. The Morgan fingerprint density at radius 3 is 2.56 bits per heavy atom. The number of tetrazole rings is 1. The van der Waals surface area contributed by atoms with E-state index in [0.717, 1.165) is 16.9 Å². The number of nitrogens with zero attached hydrogens (tertiary/aromatic N) is 5. The van der Waals surface area contributed by atoms with Crippen LogP contribution >= 0.6 is 23.1 Å². The molecule has 2 aromatic heterocycles. The van der Waals surface area contributed by atoms with Gasteiger partial charge < -0.3 is 0 Å². The van der Waals surface area contributed by atoms with Crippen LogP contribution in [-0.4, -0.2) is 37.4 Å². The summed E-state index contributed by atoms with van der Waals surface area (Å²) in [6.45, 7) is 0. The summed E-state index contributed by atoms with van der Waals surface area (Å²) < 4.78 is 1.52. The molecule has 7 nitrogen and oxygen atoms in total. The van der Waals surface area contributed by atoms with Gasteiger partial charge in [0.05, 0.1) is 11.4 Å². The number of hydrogen-bond acceptors (Lipinski definition) is 7. The zero-order valence-corrected chi connectivity index (χ0v) is 15.9. The standard InChI is InChI=1S/C18H14N6OS2/c1-26-15-8-4-12(5-9-15)16-10-27-18(20-16)21-17(25)13-2-6-14(7-3-13)24-11-19-22-23-24/h2-11H,1H3,(H,20,21,25). The lowest BCUT2D eigenvalue weighted by atomic mass is 10.2. The molecule has 1 N–H and O–H groups in total. The lowest BCUT2D eigenvalue weighted by Gasteiger charge is -2.03. The SMILES string of the molecule is CSc1ccc(-c2csc(NC(=O)c3ccc(-n4cnnn4)cc3)n2)cc1. The summed E-state index contributed by atoms with van der Waals surface area (Å²) in [7, 11) is 0. The van der Waals surface area contributed by atoms with Gasteiger partial charge >= 0.3 is 0 Å². The van der Waals surface area contributed by atoms with E-state index in [0.29, 0.717) is 10.7 Å². The zero-order valence-electron chi connectivity index (χ0n) is 14.2. The van der Waals surface area contributed by atoms with Gasteiger partial charge in [-0.3, -0.25) is 10.1 Å². The molecule has 0 saturated carbocycles. The second kappa shape index (κ2) is 7.68. The predicted molar refractivity (Wildman–Crippen MR) is 106 cm³/mol. The predicted octanol–water partition coefficient (Wildman–Crippen LogP) is 3.76. The first-order valence-corrected chi connectivity index (χ1v) is 10.1. The van der Waals surface area contributed by atoms with Crippen molar-refractivity contribution in [3.05, 3.63) is 65.8 Å². The molecule has 0 atom stereocenters. The fourth-order valence-electron chi connectivity index (χ4n) is 2.44. The van der Waals surface area contributed by atoms with Crippen LogP contribution in [0.3, 0.4) is 0 Å². The second-order valence-electron chi connectivity index (χ2n) is 5.52. The van der Waals surface area contributed by atoms with Crippen molar-refractivity contribution in [2.75, 3.05) is 11.6 Å². The lowest BCUT2D eigenvalue weighted by Crippen LogP contribution is -2.11. The third-order valence-electron chi connectivity index (χ3n) is 3.85. The number of carbonyl (C=O) groups excluding carboxylic acids is 1. The van der Waals surface area contributed by atoms with Crippen molar-refractivity contribution in [1.29, 1.82) is 0 Å². The molecule has 0 aliphatic heterocycles. The molecular weight excluding hydrogens is 380 g/mol. The number of amides is 1. The summed E-state index contributed by atoms with van der Waals surface area (Å²) >= 11 is 3.10. The van der Waals surface area contributed by atoms with Crippen LogP contribution in [0.15, 0.2) is 65.1 Å². The number of aromatic nitrogens is 5. The minimum atomic E-state index is -0.211. The first-order chi connectivity index (χ1) is 13.2. The average molecular weight is 394 g/mol. The van der Waals surface area contributed by atoms with Gasteiger partial charge in [0.25, 0.3) is 5.91 Å². The molecule has 4 aromatic rings. The van der Waals surface area contributed by atoms with Crippen molar-refractivity contribution in [2.24, 2.45) is 0 Å². The quantitative estimate of drug-likeness (QED) is 0.519. The smallest absolute Gasteiger partial charge is 0.257 e. The number of carbonyl (C=O) groups is 1. The molecule has 9 heteroatoms. The first kappa shape index (κ1) is 17.4. The van der Waals surface area contributed by atoms with Crippen LogP contribution in [0.1, 0.15) is 10.4 Å². The number of thiazole rings is 1. The second-order valence-corrected chi connectivity index (χ2v) is 7.26. The Morgan fingerprint density at radius 1 is 1.11 bits per heavy atom. The fourth-order valence-corrected chi connectivity index (χ4v) is 3.56. The molecule has 0 unspecified atom stereocenters. The van der Waals surface area contributed by atoms with Crippen LogP contribution in [0.4, 0.5) is 5.13 Å². The molecule has 2 aromatic carbocycles. The number of rotatable bonds is 5. The summed E-state index contributed by atoms with van der Waals surface area (Å²) in [5, 5.41) is 16.3. The summed E-state index contributed by atoms with van der Waals surface area (Å²) in [6.07, 6.45) is 3.54. The monoisotopic (exact) mass is 394 g/mol. The Morgan fingerprint density at radius 2 is 1.89 bits per heavy atom. The highest BCUT2D eigenvalue weighted by molar-refractivity contribution is 7.98. The van der Waals surface area contributed by atoms with E-state index >= 15 is 0 Å². The van der Waals surface area contributed by atoms with Crippen molar-refractivity contribution in [1.82, 2.24) is 25.2 Å². The van der Waals surface area contributed by atoms with E-state index in [1.54, 1.807) is 36.0 Å². The molecule has 0 bridgehead atoms. The summed E-state index contributed by atoms with van der Waals surface area (Å²) in [6, 6.07) is 15.2. The van der Waals surface area contributed by atoms with Crippen LogP contribution < -0.4 is 5.32 Å². The molecule has 0 spiro atoms. The van der Waals surface area contributed by atoms with E-state index in [2.05, 4.69) is 38.0 Å². The number of anilines is 1. The average Bonchev–Trinajstić information content (AvgIpc) is 3.40. The van der Waals surface area contributed by atoms with Crippen LogP contribution in [0.2, 0.25) is 0 Å². The summed E-state index contributed by atoms with van der Waals surface area (Å²) in [4.78, 5) is 18.2. The van der Waals surface area contributed by atoms with Gasteiger partial charge in [0.1, 0.15) is 6.33 Å². The highest BCUT2D eigenvalue weighted by atomic mass is 32.2. The maximum atomic E-state index is 12.4. The summed E-state index contributed by atoms with van der Waals surface area (Å²) in [5.74, 6) is -0.211. The van der Waals surface area contributed by atoms with Gasteiger partial charge in [-0.1, -0.05) is 12.1 Å². The van der Waals surface area contributed by atoms with E-state index in [9.17, 15) is 4.79 Å². The van der Waals surface area contributed by atoms with Crippen molar-refractivity contribution in [3.8, 4) is 16.9 Å². The maximum absolute atomic E-state index is 12.4. The van der Waals surface area contributed by atoms with Crippen LogP contribution in [0, 0.1) is 0 Å². The minimum absolute atomic E-state index is 0.211. The van der Waals surface area contributed by atoms with Crippen LogP contribution in [0.25, 0.3) is 16.9 Å². The van der Waals surface area contributed by atoms with Crippen molar-refractivity contribution >= 4 is 34.1 Å². The van der Waals surface area contributed by atoms with E-state index in [4.69, 9.17) is 0 Å². The van der Waals surface area contributed by atoms with E-state index in [-0.39, 0.29) is 5.91 Å². The Bertz CT molecular complexity index is 1040. The number of benzene rings is 2. The maximum Gasteiger partial charge on any atom is 0.257 e. The van der Waals surface area contributed by atoms with Gasteiger partial charge in [-0.15, -0.1) is 28.2 Å². The van der Waals surface area contributed by atoms with Gasteiger partial charge in [-0.2, -0.15) is 0 Å². The van der Waals surface area contributed by atoms with Crippen molar-refractivity contribution < 1.29 is 4.79 Å². The molecule has 134 valence electrons. The number of thioether (sulfide) groups is 1. The van der Waals surface area contributed by atoms with Crippen molar-refractivity contribution in [3.63, 3.8) is 0 Å². The van der Waals surface area contributed by atoms with Gasteiger partial charge in [-0.05, 0) is 53.1 Å². The molecule has 0 saturated heterocycles. The Balaban J connectivity index is 1.46. The summed E-state index contributed by atoms with van der Waals surface area (Å²) in [5.41, 5.74) is 3.18. The highest BCUT2D eigenvalue weighted by Gasteiger charge is 2.10. The Hall–Kier alpha value is -3.04. The normalized spacial score (nSPS) is 10.7. The van der Waals surface area contributed by atoms with Crippen LogP contribution in [-0.2, 0) is 0 Å². The van der Waals surface area contributed by atoms with E-state index < -0.39 is 0 Å². The van der Waals surface area contributed by atoms with Gasteiger partial charge in [-0.25, -0.2) is 9.67 Å². The molecule has 0 aliphatic carbocycles. The number of hydrogen-bond donors (Lipinski definition) is 1. The Labute approximate surface area is 163 Å². The van der Waals surface area contributed by atoms with Crippen molar-refractivity contribution in [2.45, 2.75) is 4.90 Å². The van der Waals surface area contributed by atoms with Crippen LogP contribution in [0.5, 0.6) is 0 Å². The van der Waals surface area contributed by atoms with Gasteiger partial charge in [0.2, 0.25) is 0 Å². The molecule has 2 heterocycles. The third-order valence-corrected chi connectivity index (χ3v) is 5.35. The third kappa shape index (κ3) is 3.88. The fraction of sp³-hybridized carbons (Fsp3) is 0.0556. The first-order valence-electron chi connectivity index (χ1n) is 7.97. The largest absolute Gasteiger partial charge is 0.298 e. The molecule has 4 rings (SSSR count).